The number of amides is 1. The van der Waals surface area contributed by atoms with Gasteiger partial charge in [-0.2, -0.15) is 0 Å². The topological polar surface area (TPSA) is 71.2 Å². The SMILES string of the molecule is CC(O)CN(C(=O)c1ccc2c(c1)nnn2C)C(C)C. The smallest absolute Gasteiger partial charge is 0.254 e. The second-order valence-electron chi connectivity index (χ2n) is 5.32. The van der Waals surface area contributed by atoms with Crippen molar-refractivity contribution >= 4 is 16.9 Å². The first-order valence-electron chi connectivity index (χ1n) is 6.68. The minimum absolute atomic E-state index is 0.0228. The van der Waals surface area contributed by atoms with Gasteiger partial charge in [-0.3, -0.25) is 4.79 Å². The fourth-order valence-corrected chi connectivity index (χ4v) is 2.15. The molecule has 6 nitrogen and oxygen atoms in total. The van der Waals surface area contributed by atoms with Gasteiger partial charge in [0, 0.05) is 25.2 Å². The first kappa shape index (κ1) is 14.5. The van der Waals surface area contributed by atoms with Crippen molar-refractivity contribution in [1.29, 1.82) is 0 Å². The van der Waals surface area contributed by atoms with Crippen molar-refractivity contribution in [3.63, 3.8) is 0 Å². The average molecular weight is 276 g/mol. The quantitative estimate of drug-likeness (QED) is 0.911. The lowest BCUT2D eigenvalue weighted by molar-refractivity contribution is 0.0579. The minimum Gasteiger partial charge on any atom is -0.392 e. The van der Waals surface area contributed by atoms with Crippen LogP contribution in [0, 0.1) is 0 Å². The number of aliphatic hydroxyl groups is 1. The number of aryl methyl sites for hydroxylation is 1. The molecule has 1 atom stereocenters. The molecule has 1 amide bonds. The molecular formula is C14H20N4O2. The summed E-state index contributed by atoms with van der Waals surface area (Å²) in [7, 11) is 1.81. The van der Waals surface area contributed by atoms with Crippen molar-refractivity contribution in [2.45, 2.75) is 32.9 Å². The van der Waals surface area contributed by atoms with E-state index in [-0.39, 0.29) is 11.9 Å². The van der Waals surface area contributed by atoms with E-state index in [1.54, 1.807) is 28.6 Å². The monoisotopic (exact) mass is 276 g/mol. The third-order valence-corrected chi connectivity index (χ3v) is 3.20. The number of nitrogens with zero attached hydrogens (tertiary/aromatic N) is 4. The molecule has 1 aromatic heterocycles. The molecule has 0 aliphatic rings. The zero-order valence-corrected chi connectivity index (χ0v) is 12.2. The summed E-state index contributed by atoms with van der Waals surface area (Å²) < 4.78 is 1.67. The molecule has 2 aromatic rings. The molecule has 6 heteroatoms. The second-order valence-corrected chi connectivity index (χ2v) is 5.32. The summed E-state index contributed by atoms with van der Waals surface area (Å²) >= 11 is 0. The Morgan fingerprint density at radius 3 is 2.70 bits per heavy atom. The van der Waals surface area contributed by atoms with Gasteiger partial charge < -0.3 is 10.0 Å². The van der Waals surface area contributed by atoms with Gasteiger partial charge >= 0.3 is 0 Å². The van der Waals surface area contributed by atoms with Crippen LogP contribution in [0.1, 0.15) is 31.1 Å². The van der Waals surface area contributed by atoms with Crippen molar-refractivity contribution in [3.05, 3.63) is 23.8 Å². The summed E-state index contributed by atoms with van der Waals surface area (Å²) in [5, 5.41) is 17.5. The van der Waals surface area contributed by atoms with Crippen LogP contribution in [0.3, 0.4) is 0 Å². The van der Waals surface area contributed by atoms with E-state index in [0.717, 1.165) is 5.52 Å². The Morgan fingerprint density at radius 2 is 2.10 bits per heavy atom. The minimum atomic E-state index is -0.554. The summed E-state index contributed by atoms with van der Waals surface area (Å²) in [6.45, 7) is 5.85. The zero-order chi connectivity index (χ0) is 14.9. The van der Waals surface area contributed by atoms with Crippen molar-refractivity contribution in [2.24, 2.45) is 7.05 Å². The van der Waals surface area contributed by atoms with E-state index >= 15 is 0 Å². The predicted octanol–water partition coefficient (Wildman–Crippen LogP) is 1.20. The van der Waals surface area contributed by atoms with Crippen molar-refractivity contribution in [2.75, 3.05) is 6.54 Å². The van der Waals surface area contributed by atoms with Crippen LogP contribution in [0.4, 0.5) is 0 Å². The number of benzene rings is 1. The Morgan fingerprint density at radius 1 is 1.40 bits per heavy atom. The average Bonchev–Trinajstić information content (AvgIpc) is 2.76. The lowest BCUT2D eigenvalue weighted by Crippen LogP contribution is -2.41. The third kappa shape index (κ3) is 2.80. The Balaban J connectivity index is 2.33. The Kier molecular flexibility index (Phi) is 4.04. The number of rotatable bonds is 4. The Hall–Kier alpha value is -1.95. The van der Waals surface area contributed by atoms with Gasteiger partial charge in [-0.25, -0.2) is 4.68 Å². The lowest BCUT2D eigenvalue weighted by Gasteiger charge is -2.28. The molecule has 0 fully saturated rings. The van der Waals surface area contributed by atoms with Crippen LogP contribution in [0.25, 0.3) is 11.0 Å². The number of carbonyl (C=O) groups excluding carboxylic acids is 1. The molecule has 0 bridgehead atoms. The normalized spacial score (nSPS) is 12.9. The van der Waals surface area contributed by atoms with Gasteiger partial charge in [0.05, 0.1) is 11.6 Å². The van der Waals surface area contributed by atoms with Gasteiger partial charge in [-0.15, -0.1) is 5.10 Å². The first-order chi connectivity index (χ1) is 9.40. The molecule has 0 spiro atoms. The maximum atomic E-state index is 12.5. The number of hydrogen-bond acceptors (Lipinski definition) is 4. The third-order valence-electron chi connectivity index (χ3n) is 3.20. The number of hydrogen-bond donors (Lipinski definition) is 1. The maximum Gasteiger partial charge on any atom is 0.254 e. The molecule has 1 aromatic carbocycles. The standard InChI is InChI=1S/C14H20N4O2/c1-9(2)18(8-10(3)19)14(20)11-5-6-13-12(7-11)15-16-17(13)4/h5-7,9-10,19H,8H2,1-4H3. The van der Waals surface area contributed by atoms with E-state index in [2.05, 4.69) is 10.3 Å². The molecule has 2 rings (SSSR count). The number of aromatic nitrogens is 3. The lowest BCUT2D eigenvalue weighted by atomic mass is 10.1. The van der Waals surface area contributed by atoms with E-state index in [1.807, 2.05) is 27.0 Å². The molecular weight excluding hydrogens is 256 g/mol. The molecule has 0 radical (unpaired) electrons. The number of aliphatic hydroxyl groups excluding tert-OH is 1. The summed E-state index contributed by atoms with van der Waals surface area (Å²) in [6.07, 6.45) is -0.554. The molecule has 0 saturated heterocycles. The molecule has 1 unspecified atom stereocenters. The molecule has 1 N–H and O–H groups in total. The van der Waals surface area contributed by atoms with E-state index in [1.165, 1.54) is 0 Å². The van der Waals surface area contributed by atoms with E-state index in [4.69, 9.17) is 0 Å². The highest BCUT2D eigenvalue weighted by Gasteiger charge is 2.21. The molecule has 20 heavy (non-hydrogen) atoms. The van der Waals surface area contributed by atoms with Gasteiger partial charge in [-0.1, -0.05) is 5.21 Å². The van der Waals surface area contributed by atoms with Gasteiger partial charge in [0.1, 0.15) is 5.52 Å². The van der Waals surface area contributed by atoms with Gasteiger partial charge in [0.25, 0.3) is 5.91 Å². The molecule has 108 valence electrons. The van der Waals surface area contributed by atoms with Gasteiger partial charge in [0.15, 0.2) is 0 Å². The molecule has 0 saturated carbocycles. The van der Waals surface area contributed by atoms with E-state index in [0.29, 0.717) is 17.6 Å². The van der Waals surface area contributed by atoms with Crippen LogP contribution in [0.5, 0.6) is 0 Å². The van der Waals surface area contributed by atoms with Crippen LogP contribution in [0.2, 0.25) is 0 Å². The van der Waals surface area contributed by atoms with Crippen LogP contribution in [-0.2, 0) is 7.05 Å². The summed E-state index contributed by atoms with van der Waals surface area (Å²) in [5.41, 5.74) is 2.14. The highest BCUT2D eigenvalue weighted by Crippen LogP contribution is 2.15. The van der Waals surface area contributed by atoms with Crippen LogP contribution >= 0.6 is 0 Å². The zero-order valence-electron chi connectivity index (χ0n) is 12.2. The first-order valence-corrected chi connectivity index (χ1v) is 6.68. The van der Waals surface area contributed by atoms with Gasteiger partial charge in [0.2, 0.25) is 0 Å². The van der Waals surface area contributed by atoms with Crippen molar-refractivity contribution < 1.29 is 9.90 Å². The maximum absolute atomic E-state index is 12.5. The van der Waals surface area contributed by atoms with Gasteiger partial charge in [-0.05, 0) is 39.0 Å². The fraction of sp³-hybridized carbons (Fsp3) is 0.500. The summed E-state index contributed by atoms with van der Waals surface area (Å²) in [5.74, 6) is -0.103. The van der Waals surface area contributed by atoms with E-state index in [9.17, 15) is 9.90 Å². The summed E-state index contributed by atoms with van der Waals surface area (Å²) in [4.78, 5) is 14.2. The predicted molar refractivity (Wildman–Crippen MR) is 76.4 cm³/mol. The second kappa shape index (κ2) is 5.58. The fourth-order valence-electron chi connectivity index (χ4n) is 2.15. The van der Waals surface area contributed by atoms with E-state index < -0.39 is 6.10 Å². The molecule has 0 aliphatic carbocycles. The molecule has 0 aliphatic heterocycles. The van der Waals surface area contributed by atoms with Crippen molar-refractivity contribution in [3.8, 4) is 0 Å². The number of carbonyl (C=O) groups is 1. The largest absolute Gasteiger partial charge is 0.392 e. The Bertz CT molecular complexity index is 619. The Labute approximate surface area is 118 Å². The van der Waals surface area contributed by atoms with Crippen LogP contribution in [-0.4, -0.2) is 49.6 Å². The highest BCUT2D eigenvalue weighted by molar-refractivity contribution is 5.97. The molecule has 1 heterocycles. The summed E-state index contributed by atoms with van der Waals surface area (Å²) in [6, 6.07) is 5.37. The number of fused-ring (bicyclic) bond motifs is 1. The van der Waals surface area contributed by atoms with Crippen LogP contribution < -0.4 is 0 Å². The van der Waals surface area contributed by atoms with Crippen LogP contribution in [0.15, 0.2) is 18.2 Å². The van der Waals surface area contributed by atoms with Crippen molar-refractivity contribution in [1.82, 2.24) is 19.9 Å². The highest BCUT2D eigenvalue weighted by atomic mass is 16.3.